The van der Waals surface area contributed by atoms with Crippen molar-refractivity contribution >= 4 is 5.91 Å². The first-order valence-corrected chi connectivity index (χ1v) is 5.51. The molecule has 1 unspecified atom stereocenters. The molecule has 17 heavy (non-hydrogen) atoms. The third kappa shape index (κ3) is 4.60. The summed E-state index contributed by atoms with van der Waals surface area (Å²) < 4.78 is 5.10. The molecule has 0 saturated carbocycles. The molecule has 3 nitrogen and oxygen atoms in total. The number of methoxy groups -OCH3 is 1. The third-order valence-corrected chi connectivity index (χ3v) is 2.33. The Morgan fingerprint density at radius 3 is 3.00 bits per heavy atom. The summed E-state index contributed by atoms with van der Waals surface area (Å²) in [6.45, 7) is 1.89. The standard InChI is InChI=1S/C14H17NO2/c1-4-6-11(2)15-14(16)10-12-7-5-8-13(9-12)17-3/h1,5,7-9,11H,6,10H2,2-3H3,(H,15,16). The predicted molar refractivity (Wildman–Crippen MR) is 67.8 cm³/mol. The van der Waals surface area contributed by atoms with Gasteiger partial charge in [-0.25, -0.2) is 0 Å². The van der Waals surface area contributed by atoms with Crippen molar-refractivity contribution in [1.82, 2.24) is 5.32 Å². The highest BCUT2D eigenvalue weighted by atomic mass is 16.5. The number of hydrogen-bond donors (Lipinski definition) is 1. The maximum absolute atomic E-state index is 11.7. The molecule has 3 heteroatoms. The zero-order valence-corrected chi connectivity index (χ0v) is 10.2. The molecule has 1 rings (SSSR count). The maximum Gasteiger partial charge on any atom is 0.224 e. The van der Waals surface area contributed by atoms with Crippen LogP contribution in [0, 0.1) is 12.3 Å². The summed E-state index contributed by atoms with van der Waals surface area (Å²) in [5, 5.41) is 2.84. The van der Waals surface area contributed by atoms with Crippen LogP contribution in [0.4, 0.5) is 0 Å². The van der Waals surface area contributed by atoms with E-state index in [2.05, 4.69) is 11.2 Å². The van der Waals surface area contributed by atoms with Crippen molar-refractivity contribution in [3.63, 3.8) is 0 Å². The molecule has 1 aromatic rings. The van der Waals surface area contributed by atoms with Gasteiger partial charge in [-0.1, -0.05) is 12.1 Å². The topological polar surface area (TPSA) is 38.3 Å². The average Bonchev–Trinajstić information content (AvgIpc) is 2.29. The smallest absolute Gasteiger partial charge is 0.224 e. The second-order valence-corrected chi connectivity index (χ2v) is 3.91. The lowest BCUT2D eigenvalue weighted by molar-refractivity contribution is -0.121. The Labute approximate surface area is 102 Å². The predicted octanol–water partition coefficient (Wildman–Crippen LogP) is 1.77. The zero-order chi connectivity index (χ0) is 12.7. The molecule has 0 saturated heterocycles. The Bertz CT molecular complexity index is 420. The molecule has 0 bridgehead atoms. The van der Waals surface area contributed by atoms with Gasteiger partial charge in [0.2, 0.25) is 5.91 Å². The number of hydrogen-bond acceptors (Lipinski definition) is 2. The minimum absolute atomic E-state index is 0.0121. The van der Waals surface area contributed by atoms with E-state index in [4.69, 9.17) is 11.2 Å². The Morgan fingerprint density at radius 2 is 2.35 bits per heavy atom. The van der Waals surface area contributed by atoms with Crippen molar-refractivity contribution in [1.29, 1.82) is 0 Å². The molecule has 90 valence electrons. The molecular formula is C14H17NO2. The van der Waals surface area contributed by atoms with Gasteiger partial charge < -0.3 is 10.1 Å². The lowest BCUT2D eigenvalue weighted by atomic mass is 10.1. The average molecular weight is 231 g/mol. The molecule has 0 aliphatic carbocycles. The van der Waals surface area contributed by atoms with Crippen molar-refractivity contribution in [2.45, 2.75) is 25.8 Å². The number of rotatable bonds is 5. The fourth-order valence-corrected chi connectivity index (χ4v) is 1.52. The van der Waals surface area contributed by atoms with Crippen LogP contribution in [-0.2, 0) is 11.2 Å². The van der Waals surface area contributed by atoms with Gasteiger partial charge in [0.25, 0.3) is 0 Å². The molecule has 1 amide bonds. The second-order valence-electron chi connectivity index (χ2n) is 3.91. The third-order valence-electron chi connectivity index (χ3n) is 2.33. The first-order chi connectivity index (χ1) is 8.15. The molecule has 0 aromatic heterocycles. The Hall–Kier alpha value is -1.95. The van der Waals surface area contributed by atoms with Crippen LogP contribution in [0.1, 0.15) is 18.9 Å². The van der Waals surface area contributed by atoms with Crippen LogP contribution in [-0.4, -0.2) is 19.1 Å². The van der Waals surface area contributed by atoms with Crippen molar-refractivity contribution < 1.29 is 9.53 Å². The highest BCUT2D eigenvalue weighted by Crippen LogP contribution is 2.12. The van der Waals surface area contributed by atoms with Gasteiger partial charge in [-0.15, -0.1) is 12.3 Å². The number of benzene rings is 1. The fourth-order valence-electron chi connectivity index (χ4n) is 1.52. The van der Waals surface area contributed by atoms with Crippen molar-refractivity contribution in [3.8, 4) is 18.1 Å². The monoisotopic (exact) mass is 231 g/mol. The van der Waals surface area contributed by atoms with E-state index in [1.807, 2.05) is 31.2 Å². The summed E-state index contributed by atoms with van der Waals surface area (Å²) in [6.07, 6.45) is 6.06. The van der Waals surface area contributed by atoms with Gasteiger partial charge in [0.15, 0.2) is 0 Å². The maximum atomic E-state index is 11.7. The first-order valence-electron chi connectivity index (χ1n) is 5.51. The number of terminal acetylenes is 1. The highest BCUT2D eigenvalue weighted by molar-refractivity contribution is 5.78. The SMILES string of the molecule is C#CCC(C)NC(=O)Cc1cccc(OC)c1. The summed E-state index contributed by atoms with van der Waals surface area (Å²) in [6, 6.07) is 7.48. The number of ether oxygens (including phenoxy) is 1. The zero-order valence-electron chi connectivity index (χ0n) is 10.2. The number of amides is 1. The van der Waals surface area contributed by atoms with Gasteiger partial charge >= 0.3 is 0 Å². The van der Waals surface area contributed by atoms with E-state index in [1.54, 1.807) is 7.11 Å². The summed E-state index contributed by atoms with van der Waals surface area (Å²) in [4.78, 5) is 11.7. The van der Waals surface area contributed by atoms with Crippen LogP contribution in [0.3, 0.4) is 0 Å². The van der Waals surface area contributed by atoms with Crippen LogP contribution in [0.2, 0.25) is 0 Å². The fraction of sp³-hybridized carbons (Fsp3) is 0.357. The summed E-state index contributed by atoms with van der Waals surface area (Å²) in [5.74, 6) is 3.25. The van der Waals surface area contributed by atoms with Gasteiger partial charge in [-0.05, 0) is 24.6 Å². The molecule has 0 radical (unpaired) electrons. The summed E-state index contributed by atoms with van der Waals surface area (Å²) in [5.41, 5.74) is 0.926. The molecule has 0 heterocycles. The van der Waals surface area contributed by atoms with E-state index in [-0.39, 0.29) is 11.9 Å². The Morgan fingerprint density at radius 1 is 1.59 bits per heavy atom. The van der Waals surface area contributed by atoms with E-state index in [9.17, 15) is 4.79 Å². The van der Waals surface area contributed by atoms with Crippen LogP contribution in [0.5, 0.6) is 5.75 Å². The van der Waals surface area contributed by atoms with Gasteiger partial charge in [-0.2, -0.15) is 0 Å². The molecular weight excluding hydrogens is 214 g/mol. The van der Waals surface area contributed by atoms with Gasteiger partial charge in [0, 0.05) is 12.5 Å². The Kier molecular flexibility index (Phi) is 5.09. The van der Waals surface area contributed by atoms with Gasteiger partial charge in [0.1, 0.15) is 5.75 Å². The quantitative estimate of drug-likeness (QED) is 0.784. The van der Waals surface area contributed by atoms with E-state index >= 15 is 0 Å². The molecule has 0 aliphatic heterocycles. The minimum atomic E-state index is -0.0268. The summed E-state index contributed by atoms with van der Waals surface area (Å²) in [7, 11) is 1.61. The normalized spacial score (nSPS) is 11.4. The molecule has 0 fully saturated rings. The van der Waals surface area contributed by atoms with E-state index in [0.717, 1.165) is 11.3 Å². The minimum Gasteiger partial charge on any atom is -0.497 e. The highest BCUT2D eigenvalue weighted by Gasteiger charge is 2.07. The largest absolute Gasteiger partial charge is 0.497 e. The van der Waals surface area contributed by atoms with Crippen molar-refractivity contribution in [3.05, 3.63) is 29.8 Å². The van der Waals surface area contributed by atoms with Crippen molar-refractivity contribution in [2.24, 2.45) is 0 Å². The second kappa shape index (κ2) is 6.59. The van der Waals surface area contributed by atoms with Crippen LogP contribution < -0.4 is 10.1 Å². The van der Waals surface area contributed by atoms with Crippen molar-refractivity contribution in [2.75, 3.05) is 7.11 Å². The number of nitrogens with one attached hydrogen (secondary N) is 1. The van der Waals surface area contributed by atoms with Crippen LogP contribution in [0.15, 0.2) is 24.3 Å². The first kappa shape index (κ1) is 13.1. The number of carbonyl (C=O) groups excluding carboxylic acids is 1. The van der Waals surface area contributed by atoms with Crippen LogP contribution >= 0.6 is 0 Å². The van der Waals surface area contributed by atoms with Gasteiger partial charge in [-0.3, -0.25) is 4.79 Å². The van der Waals surface area contributed by atoms with E-state index < -0.39 is 0 Å². The molecule has 1 atom stereocenters. The lowest BCUT2D eigenvalue weighted by Gasteiger charge is -2.11. The van der Waals surface area contributed by atoms with E-state index in [0.29, 0.717) is 12.8 Å². The Balaban J connectivity index is 2.53. The summed E-state index contributed by atoms with van der Waals surface area (Å²) >= 11 is 0. The van der Waals surface area contributed by atoms with Crippen LogP contribution in [0.25, 0.3) is 0 Å². The molecule has 0 aliphatic rings. The molecule has 0 spiro atoms. The lowest BCUT2D eigenvalue weighted by Crippen LogP contribution is -2.33. The number of carbonyl (C=O) groups is 1. The van der Waals surface area contributed by atoms with E-state index in [1.165, 1.54) is 0 Å². The molecule has 1 aromatic carbocycles. The van der Waals surface area contributed by atoms with Gasteiger partial charge in [0.05, 0.1) is 13.5 Å². The molecule has 1 N–H and O–H groups in total.